The highest BCUT2D eigenvalue weighted by Crippen LogP contribution is 2.36. The van der Waals surface area contributed by atoms with Crippen molar-refractivity contribution in [2.45, 2.75) is 32.5 Å². The van der Waals surface area contributed by atoms with Crippen molar-refractivity contribution in [2.24, 2.45) is 0 Å². The van der Waals surface area contributed by atoms with Gasteiger partial charge in [-0.3, -0.25) is 0 Å². The summed E-state index contributed by atoms with van der Waals surface area (Å²) in [6.45, 7) is 2.18. The van der Waals surface area contributed by atoms with Crippen LogP contribution in [0.25, 0.3) is 0 Å². The average Bonchev–Trinajstić information content (AvgIpc) is 2.68. The molecule has 0 spiro atoms. The lowest BCUT2D eigenvalue weighted by molar-refractivity contribution is -0.137. The van der Waals surface area contributed by atoms with Crippen LogP contribution in [0.1, 0.15) is 30.0 Å². The first-order valence-corrected chi connectivity index (χ1v) is 8.93. The van der Waals surface area contributed by atoms with E-state index in [9.17, 15) is 13.2 Å². The van der Waals surface area contributed by atoms with Gasteiger partial charge in [0.25, 0.3) is 0 Å². The number of rotatable bonds is 7. The number of benzene rings is 2. The quantitative estimate of drug-likeness (QED) is 0.559. The third-order valence-corrected chi connectivity index (χ3v) is 4.07. The minimum Gasteiger partial charge on any atom is -0.459 e. The summed E-state index contributed by atoms with van der Waals surface area (Å²) in [4.78, 5) is 7.71. The van der Waals surface area contributed by atoms with Crippen molar-refractivity contribution in [1.82, 2.24) is 9.97 Å². The summed E-state index contributed by atoms with van der Waals surface area (Å²) >= 11 is 0. The number of halogens is 3. The predicted molar refractivity (Wildman–Crippen MR) is 102 cm³/mol. The minimum absolute atomic E-state index is 0.118. The molecule has 3 rings (SSSR count). The fraction of sp³-hybridized carbons (Fsp3) is 0.238. The molecule has 28 heavy (non-hydrogen) atoms. The van der Waals surface area contributed by atoms with Crippen LogP contribution >= 0.6 is 0 Å². The molecule has 4 nitrogen and oxygen atoms in total. The Labute approximate surface area is 161 Å². The smallest absolute Gasteiger partial charge is 0.421 e. The normalized spacial score (nSPS) is 11.3. The molecule has 0 aliphatic carbocycles. The van der Waals surface area contributed by atoms with Crippen molar-refractivity contribution >= 4 is 11.5 Å². The maximum atomic E-state index is 13.4. The number of para-hydroxylation sites is 1. The summed E-state index contributed by atoms with van der Waals surface area (Å²) in [5.74, 6) is -0.325. The highest BCUT2D eigenvalue weighted by molar-refractivity contribution is 5.63. The van der Waals surface area contributed by atoms with Crippen LogP contribution in [-0.2, 0) is 19.2 Å². The first-order chi connectivity index (χ1) is 13.5. The first kappa shape index (κ1) is 19.7. The number of aromatic nitrogens is 2. The van der Waals surface area contributed by atoms with Gasteiger partial charge in [0, 0.05) is 11.9 Å². The van der Waals surface area contributed by atoms with Crippen LogP contribution in [0.4, 0.5) is 24.7 Å². The third kappa shape index (κ3) is 5.00. The Morgan fingerprint density at radius 2 is 1.71 bits per heavy atom. The van der Waals surface area contributed by atoms with Crippen LogP contribution < -0.4 is 10.1 Å². The molecule has 0 unspecified atom stereocenters. The maximum absolute atomic E-state index is 13.4. The van der Waals surface area contributed by atoms with E-state index in [-0.39, 0.29) is 18.4 Å². The van der Waals surface area contributed by atoms with Gasteiger partial charge in [0.15, 0.2) is 0 Å². The van der Waals surface area contributed by atoms with Crippen molar-refractivity contribution in [3.63, 3.8) is 0 Å². The monoisotopic (exact) mass is 387 g/mol. The van der Waals surface area contributed by atoms with Crippen LogP contribution in [-0.4, -0.2) is 9.97 Å². The number of anilines is 2. The Bertz CT molecular complexity index is 914. The molecule has 0 aliphatic rings. The van der Waals surface area contributed by atoms with Gasteiger partial charge < -0.3 is 10.1 Å². The van der Waals surface area contributed by atoms with Crippen molar-refractivity contribution in [2.75, 3.05) is 5.32 Å². The van der Waals surface area contributed by atoms with Gasteiger partial charge in [0.05, 0.1) is 0 Å². The second-order valence-electron chi connectivity index (χ2n) is 6.22. The van der Waals surface area contributed by atoms with E-state index in [1.165, 1.54) is 0 Å². The van der Waals surface area contributed by atoms with E-state index >= 15 is 0 Å². The summed E-state index contributed by atoms with van der Waals surface area (Å²) in [5, 5.41) is 2.82. The van der Waals surface area contributed by atoms with Crippen LogP contribution in [0.5, 0.6) is 6.01 Å². The van der Waals surface area contributed by atoms with Crippen molar-refractivity contribution in [3.05, 3.63) is 77.5 Å². The molecule has 0 fully saturated rings. The SMILES string of the molecule is CCCc1ccccc1Nc1nc(OCc2ccccc2)ncc1C(F)(F)F. The molecule has 0 aliphatic heterocycles. The summed E-state index contributed by atoms with van der Waals surface area (Å²) < 4.78 is 45.8. The van der Waals surface area contributed by atoms with Gasteiger partial charge in [0.2, 0.25) is 0 Å². The number of aryl methyl sites for hydroxylation is 1. The van der Waals surface area contributed by atoms with E-state index in [4.69, 9.17) is 4.74 Å². The lowest BCUT2D eigenvalue weighted by atomic mass is 10.1. The Morgan fingerprint density at radius 3 is 2.43 bits per heavy atom. The molecule has 146 valence electrons. The van der Waals surface area contributed by atoms with Gasteiger partial charge in [-0.15, -0.1) is 0 Å². The van der Waals surface area contributed by atoms with Gasteiger partial charge >= 0.3 is 12.2 Å². The summed E-state index contributed by atoms with van der Waals surface area (Å²) in [7, 11) is 0. The molecule has 3 aromatic rings. The van der Waals surface area contributed by atoms with Gasteiger partial charge in [-0.2, -0.15) is 18.2 Å². The van der Waals surface area contributed by atoms with E-state index in [0.29, 0.717) is 5.69 Å². The molecule has 0 saturated heterocycles. The van der Waals surface area contributed by atoms with Gasteiger partial charge in [0.1, 0.15) is 18.0 Å². The zero-order chi connectivity index (χ0) is 20.0. The Balaban J connectivity index is 1.89. The molecule has 1 aromatic heterocycles. The van der Waals surface area contributed by atoms with Crippen LogP contribution in [0.2, 0.25) is 0 Å². The van der Waals surface area contributed by atoms with Crippen molar-refractivity contribution < 1.29 is 17.9 Å². The molecule has 1 heterocycles. The molecule has 0 radical (unpaired) electrons. The number of hydrogen-bond donors (Lipinski definition) is 1. The topological polar surface area (TPSA) is 47.0 Å². The van der Waals surface area contributed by atoms with Crippen LogP contribution in [0, 0.1) is 0 Å². The van der Waals surface area contributed by atoms with Crippen LogP contribution in [0.15, 0.2) is 60.8 Å². The molecule has 2 aromatic carbocycles. The second kappa shape index (κ2) is 8.73. The fourth-order valence-corrected chi connectivity index (χ4v) is 2.72. The molecule has 0 amide bonds. The maximum Gasteiger partial charge on any atom is 0.421 e. The molecular formula is C21H20F3N3O. The zero-order valence-corrected chi connectivity index (χ0v) is 15.3. The lowest BCUT2D eigenvalue weighted by Crippen LogP contribution is -2.13. The number of ether oxygens (including phenoxy) is 1. The lowest BCUT2D eigenvalue weighted by Gasteiger charge is -2.16. The molecule has 7 heteroatoms. The van der Waals surface area contributed by atoms with E-state index in [0.717, 1.165) is 30.2 Å². The molecule has 1 N–H and O–H groups in total. The fourth-order valence-electron chi connectivity index (χ4n) is 2.72. The Hall–Kier alpha value is -3.09. The van der Waals surface area contributed by atoms with Gasteiger partial charge in [-0.25, -0.2) is 4.98 Å². The van der Waals surface area contributed by atoms with Crippen molar-refractivity contribution in [3.8, 4) is 6.01 Å². The summed E-state index contributed by atoms with van der Waals surface area (Å²) in [6, 6.07) is 16.4. The highest BCUT2D eigenvalue weighted by Gasteiger charge is 2.35. The molecule has 0 bridgehead atoms. The second-order valence-corrected chi connectivity index (χ2v) is 6.22. The van der Waals surface area contributed by atoms with Gasteiger partial charge in [-0.05, 0) is 23.6 Å². The number of alkyl halides is 3. The molecular weight excluding hydrogens is 367 g/mol. The van der Waals surface area contributed by atoms with Crippen LogP contribution in [0.3, 0.4) is 0 Å². The summed E-state index contributed by atoms with van der Waals surface area (Å²) in [6.07, 6.45) is -2.22. The van der Waals surface area contributed by atoms with E-state index in [2.05, 4.69) is 15.3 Å². The largest absolute Gasteiger partial charge is 0.459 e. The van der Waals surface area contributed by atoms with E-state index in [1.807, 2.05) is 49.4 Å². The Morgan fingerprint density at radius 1 is 1.00 bits per heavy atom. The van der Waals surface area contributed by atoms with E-state index in [1.54, 1.807) is 12.1 Å². The Kier molecular flexibility index (Phi) is 6.13. The summed E-state index contributed by atoms with van der Waals surface area (Å²) in [5.41, 5.74) is 1.44. The van der Waals surface area contributed by atoms with Gasteiger partial charge in [-0.1, -0.05) is 61.9 Å². The third-order valence-electron chi connectivity index (χ3n) is 4.07. The number of nitrogens with zero attached hydrogens (tertiary/aromatic N) is 2. The molecule has 0 saturated carbocycles. The predicted octanol–water partition coefficient (Wildman–Crippen LogP) is 5.77. The molecule has 0 atom stereocenters. The number of hydrogen-bond acceptors (Lipinski definition) is 4. The zero-order valence-electron chi connectivity index (χ0n) is 15.3. The average molecular weight is 387 g/mol. The first-order valence-electron chi connectivity index (χ1n) is 8.93. The highest BCUT2D eigenvalue weighted by atomic mass is 19.4. The van der Waals surface area contributed by atoms with E-state index < -0.39 is 11.7 Å². The number of nitrogens with one attached hydrogen (secondary N) is 1. The minimum atomic E-state index is -4.58. The van der Waals surface area contributed by atoms with Crippen molar-refractivity contribution in [1.29, 1.82) is 0 Å². The standard InChI is InChI=1S/C21H20F3N3O/c1-2-8-16-11-6-7-12-18(16)26-19-17(21(22,23)24)13-25-20(27-19)28-14-15-9-4-3-5-10-15/h3-7,9-13H,2,8,14H2,1H3,(H,25,26,27).